The van der Waals surface area contributed by atoms with Gasteiger partial charge >= 0.3 is 0 Å². The van der Waals surface area contributed by atoms with Gasteiger partial charge in [0.05, 0.1) is 11.8 Å². The van der Waals surface area contributed by atoms with E-state index < -0.39 is 0 Å². The Hall–Kier alpha value is -2.80. The Morgan fingerprint density at radius 3 is 2.43 bits per heavy atom. The van der Waals surface area contributed by atoms with Crippen LogP contribution in [0.15, 0.2) is 59.8 Å². The Morgan fingerprint density at radius 2 is 1.79 bits per heavy atom. The second-order valence-corrected chi connectivity index (χ2v) is 7.74. The molecule has 1 N–H and O–H groups in total. The normalized spacial score (nSPS) is 11.9. The fraction of sp³-hybridized carbons (Fsp3) is 0.286. The SMILES string of the molecule is CC(NC(=O)CSc1nnc(-c2ccc(N(C)C)cc2)n1C)c1ccccc1. The minimum absolute atomic E-state index is 0.0266. The molecule has 0 spiro atoms. The number of carbonyl (C=O) groups is 1. The van der Waals surface area contributed by atoms with Gasteiger partial charge in [-0.2, -0.15) is 0 Å². The first-order valence-electron chi connectivity index (χ1n) is 9.10. The quantitative estimate of drug-likeness (QED) is 0.620. The van der Waals surface area contributed by atoms with Crippen molar-refractivity contribution in [2.24, 2.45) is 7.05 Å². The number of nitrogens with one attached hydrogen (secondary N) is 1. The van der Waals surface area contributed by atoms with Gasteiger partial charge in [-0.15, -0.1) is 10.2 Å². The average molecular weight is 396 g/mol. The predicted molar refractivity (Wildman–Crippen MR) is 114 cm³/mol. The number of carbonyl (C=O) groups excluding carboxylic acids is 1. The molecule has 1 atom stereocenters. The number of benzene rings is 2. The molecule has 0 aliphatic rings. The first kappa shape index (κ1) is 19.9. The van der Waals surface area contributed by atoms with E-state index in [1.165, 1.54) is 11.8 Å². The molecule has 7 heteroatoms. The molecule has 3 aromatic rings. The third-order valence-corrected chi connectivity index (χ3v) is 5.51. The molecule has 3 rings (SSSR count). The van der Waals surface area contributed by atoms with Crippen molar-refractivity contribution in [3.63, 3.8) is 0 Å². The van der Waals surface area contributed by atoms with E-state index in [2.05, 4.69) is 32.5 Å². The lowest BCUT2D eigenvalue weighted by molar-refractivity contribution is -0.119. The highest BCUT2D eigenvalue weighted by Crippen LogP contribution is 2.24. The number of thioether (sulfide) groups is 1. The standard InChI is InChI=1S/C21H25N5OS/c1-15(16-8-6-5-7-9-16)22-19(27)14-28-21-24-23-20(26(21)4)17-10-12-18(13-11-17)25(2)3/h5-13,15H,14H2,1-4H3,(H,22,27). The number of anilines is 1. The summed E-state index contributed by atoms with van der Waals surface area (Å²) in [6, 6.07) is 18.1. The third kappa shape index (κ3) is 4.72. The highest BCUT2D eigenvalue weighted by molar-refractivity contribution is 7.99. The number of aromatic nitrogens is 3. The van der Waals surface area contributed by atoms with E-state index in [-0.39, 0.29) is 11.9 Å². The molecule has 0 radical (unpaired) electrons. The van der Waals surface area contributed by atoms with Gasteiger partial charge in [0.2, 0.25) is 5.91 Å². The van der Waals surface area contributed by atoms with Gasteiger partial charge in [0, 0.05) is 32.4 Å². The Bertz CT molecular complexity index is 922. The van der Waals surface area contributed by atoms with Gasteiger partial charge in [-0.25, -0.2) is 0 Å². The maximum absolute atomic E-state index is 12.3. The van der Waals surface area contributed by atoms with Crippen molar-refractivity contribution in [2.75, 3.05) is 24.7 Å². The van der Waals surface area contributed by atoms with Crippen molar-refractivity contribution >= 4 is 23.4 Å². The lowest BCUT2D eigenvalue weighted by Crippen LogP contribution is -2.28. The number of hydrogen-bond donors (Lipinski definition) is 1. The smallest absolute Gasteiger partial charge is 0.230 e. The summed E-state index contributed by atoms with van der Waals surface area (Å²) in [6.45, 7) is 1.98. The van der Waals surface area contributed by atoms with Crippen molar-refractivity contribution in [1.29, 1.82) is 0 Å². The molecular weight excluding hydrogens is 370 g/mol. The van der Waals surface area contributed by atoms with Crippen LogP contribution in [-0.4, -0.2) is 40.5 Å². The minimum Gasteiger partial charge on any atom is -0.378 e. The third-order valence-electron chi connectivity index (χ3n) is 4.49. The summed E-state index contributed by atoms with van der Waals surface area (Å²) in [5, 5.41) is 12.3. The molecule has 28 heavy (non-hydrogen) atoms. The van der Waals surface area contributed by atoms with E-state index in [9.17, 15) is 4.79 Å². The van der Waals surface area contributed by atoms with Gasteiger partial charge in [0.1, 0.15) is 0 Å². The molecule has 1 aromatic heterocycles. The van der Waals surface area contributed by atoms with Crippen LogP contribution in [0, 0.1) is 0 Å². The Labute approximate surface area is 170 Å². The molecule has 6 nitrogen and oxygen atoms in total. The molecule has 2 aromatic carbocycles. The highest BCUT2D eigenvalue weighted by atomic mass is 32.2. The van der Waals surface area contributed by atoms with Crippen molar-refractivity contribution in [3.8, 4) is 11.4 Å². The van der Waals surface area contributed by atoms with Gasteiger partial charge in [-0.3, -0.25) is 4.79 Å². The van der Waals surface area contributed by atoms with Crippen LogP contribution in [0.1, 0.15) is 18.5 Å². The lowest BCUT2D eigenvalue weighted by atomic mass is 10.1. The van der Waals surface area contributed by atoms with Gasteiger partial charge in [0.15, 0.2) is 11.0 Å². The highest BCUT2D eigenvalue weighted by Gasteiger charge is 2.14. The summed E-state index contributed by atoms with van der Waals surface area (Å²) >= 11 is 1.38. The second kappa shape index (κ2) is 8.93. The van der Waals surface area contributed by atoms with Crippen LogP contribution in [0.5, 0.6) is 0 Å². The zero-order chi connectivity index (χ0) is 20.1. The van der Waals surface area contributed by atoms with Crippen LogP contribution in [0.2, 0.25) is 0 Å². The van der Waals surface area contributed by atoms with E-state index in [0.717, 1.165) is 22.6 Å². The van der Waals surface area contributed by atoms with Crippen LogP contribution < -0.4 is 10.2 Å². The molecule has 0 aliphatic heterocycles. The first-order chi connectivity index (χ1) is 13.5. The minimum atomic E-state index is -0.0282. The fourth-order valence-electron chi connectivity index (χ4n) is 2.84. The molecule has 0 aliphatic carbocycles. The van der Waals surface area contributed by atoms with E-state index in [1.54, 1.807) is 0 Å². The van der Waals surface area contributed by atoms with Crippen LogP contribution in [0.4, 0.5) is 5.69 Å². The molecular formula is C21H25N5OS. The second-order valence-electron chi connectivity index (χ2n) is 6.80. The number of rotatable bonds is 7. The van der Waals surface area contributed by atoms with E-state index in [4.69, 9.17) is 0 Å². The van der Waals surface area contributed by atoms with Gasteiger partial charge in [-0.05, 0) is 36.8 Å². The molecule has 0 saturated carbocycles. The fourth-order valence-corrected chi connectivity index (χ4v) is 3.56. The topological polar surface area (TPSA) is 63.1 Å². The van der Waals surface area contributed by atoms with Crippen molar-refractivity contribution in [3.05, 3.63) is 60.2 Å². The van der Waals surface area contributed by atoms with Crippen LogP contribution in [0.25, 0.3) is 11.4 Å². The zero-order valence-electron chi connectivity index (χ0n) is 16.6. The maximum Gasteiger partial charge on any atom is 0.230 e. The molecule has 1 heterocycles. The summed E-state index contributed by atoms with van der Waals surface area (Å²) < 4.78 is 1.92. The largest absolute Gasteiger partial charge is 0.378 e. The molecule has 0 fully saturated rings. The maximum atomic E-state index is 12.3. The molecule has 1 amide bonds. The molecule has 0 bridgehead atoms. The van der Waals surface area contributed by atoms with Crippen molar-refractivity contribution in [1.82, 2.24) is 20.1 Å². The summed E-state index contributed by atoms with van der Waals surface area (Å²) in [4.78, 5) is 14.3. The first-order valence-corrected chi connectivity index (χ1v) is 10.1. The number of amides is 1. The zero-order valence-corrected chi connectivity index (χ0v) is 17.4. The van der Waals surface area contributed by atoms with Crippen LogP contribution in [0.3, 0.4) is 0 Å². The summed E-state index contributed by atoms with van der Waals surface area (Å²) in [7, 11) is 5.94. The van der Waals surface area contributed by atoms with Crippen LogP contribution >= 0.6 is 11.8 Å². The molecule has 146 valence electrons. The van der Waals surface area contributed by atoms with Gasteiger partial charge in [-0.1, -0.05) is 42.1 Å². The summed E-state index contributed by atoms with van der Waals surface area (Å²) in [5.41, 5.74) is 3.21. The number of nitrogens with zero attached hydrogens (tertiary/aromatic N) is 4. The van der Waals surface area contributed by atoms with Gasteiger partial charge < -0.3 is 14.8 Å². The molecule has 0 saturated heterocycles. The van der Waals surface area contributed by atoms with Gasteiger partial charge in [0.25, 0.3) is 0 Å². The monoisotopic (exact) mass is 395 g/mol. The molecule has 1 unspecified atom stereocenters. The average Bonchev–Trinajstić information content (AvgIpc) is 3.07. The Morgan fingerprint density at radius 1 is 1.11 bits per heavy atom. The Balaban J connectivity index is 1.60. The summed E-state index contributed by atoms with van der Waals surface area (Å²) in [6.07, 6.45) is 0. The van der Waals surface area contributed by atoms with E-state index in [0.29, 0.717) is 10.9 Å². The van der Waals surface area contributed by atoms with Crippen molar-refractivity contribution in [2.45, 2.75) is 18.1 Å². The Kier molecular flexibility index (Phi) is 6.36. The predicted octanol–water partition coefficient (Wildman–Crippen LogP) is 3.52. The van der Waals surface area contributed by atoms with E-state index >= 15 is 0 Å². The summed E-state index contributed by atoms with van der Waals surface area (Å²) in [5.74, 6) is 1.05. The van der Waals surface area contributed by atoms with Crippen LogP contribution in [-0.2, 0) is 11.8 Å². The van der Waals surface area contributed by atoms with Crippen molar-refractivity contribution < 1.29 is 4.79 Å². The van der Waals surface area contributed by atoms with E-state index in [1.807, 2.05) is 75.1 Å². The lowest BCUT2D eigenvalue weighted by Gasteiger charge is -2.14. The number of hydrogen-bond acceptors (Lipinski definition) is 5.